The van der Waals surface area contributed by atoms with Crippen molar-refractivity contribution in [1.29, 1.82) is 0 Å². The van der Waals surface area contributed by atoms with Crippen molar-refractivity contribution in [1.82, 2.24) is 0 Å². The van der Waals surface area contributed by atoms with Gasteiger partial charge in [-0.25, -0.2) is 0 Å². The van der Waals surface area contributed by atoms with E-state index in [1.165, 1.54) is 39.2 Å². The van der Waals surface area contributed by atoms with Crippen LogP contribution in [-0.4, -0.2) is 32.1 Å². The summed E-state index contributed by atoms with van der Waals surface area (Å²) in [5, 5.41) is 0. The number of hydrogen-bond acceptors (Lipinski definition) is 4. The largest absolute Gasteiger partial charge is 0.469 e. The predicted octanol–water partition coefficient (Wildman–Crippen LogP) is 3.68. The van der Waals surface area contributed by atoms with Gasteiger partial charge >= 0.3 is 5.97 Å². The van der Waals surface area contributed by atoms with E-state index in [2.05, 4.69) is 6.92 Å². The molecule has 0 aromatic heterocycles. The Morgan fingerprint density at radius 2 is 1.90 bits per heavy atom. The molecule has 2 rings (SSSR count). The number of carbonyl (C=O) groups excluding carboxylic acids is 1. The maximum Gasteiger partial charge on any atom is 0.305 e. The Hall–Kier alpha value is -0.610. The first kappa shape index (κ1) is 16.8. The first-order chi connectivity index (χ1) is 10.2. The van der Waals surface area contributed by atoms with Gasteiger partial charge in [0.2, 0.25) is 0 Å². The number of esters is 1. The van der Waals surface area contributed by atoms with Gasteiger partial charge in [0.15, 0.2) is 5.79 Å². The van der Waals surface area contributed by atoms with E-state index in [1.54, 1.807) is 0 Å². The topological polar surface area (TPSA) is 44.8 Å². The van der Waals surface area contributed by atoms with Gasteiger partial charge in [-0.05, 0) is 18.8 Å². The lowest BCUT2D eigenvalue weighted by molar-refractivity contribution is -0.188. The van der Waals surface area contributed by atoms with Crippen LogP contribution in [0.3, 0.4) is 0 Å². The molecule has 21 heavy (non-hydrogen) atoms. The maximum absolute atomic E-state index is 11.6. The summed E-state index contributed by atoms with van der Waals surface area (Å²) in [5.74, 6) is 0.192. The van der Waals surface area contributed by atoms with Crippen molar-refractivity contribution < 1.29 is 19.0 Å². The lowest BCUT2D eigenvalue weighted by Gasteiger charge is -2.32. The van der Waals surface area contributed by atoms with Crippen LogP contribution in [-0.2, 0) is 19.0 Å². The highest BCUT2D eigenvalue weighted by Gasteiger charge is 2.52. The molecule has 122 valence electrons. The fourth-order valence-electron chi connectivity index (χ4n) is 3.93. The van der Waals surface area contributed by atoms with E-state index in [9.17, 15) is 4.79 Å². The Morgan fingerprint density at radius 1 is 1.19 bits per heavy atom. The van der Waals surface area contributed by atoms with Gasteiger partial charge in [0.05, 0.1) is 20.3 Å². The Kier molecular flexibility index (Phi) is 6.49. The van der Waals surface area contributed by atoms with Crippen molar-refractivity contribution in [2.24, 2.45) is 11.8 Å². The first-order valence-electron chi connectivity index (χ1n) is 8.56. The minimum absolute atomic E-state index is 0.106. The van der Waals surface area contributed by atoms with Crippen LogP contribution >= 0.6 is 0 Å². The average molecular weight is 298 g/mol. The summed E-state index contributed by atoms with van der Waals surface area (Å²) in [4.78, 5) is 11.6. The summed E-state index contributed by atoms with van der Waals surface area (Å²) in [6.45, 7) is 3.62. The van der Waals surface area contributed by atoms with Crippen LogP contribution in [0.4, 0.5) is 0 Å². The third-order valence-corrected chi connectivity index (χ3v) is 5.05. The third kappa shape index (κ3) is 4.19. The van der Waals surface area contributed by atoms with Crippen LogP contribution in [0.5, 0.6) is 0 Å². The molecule has 0 bridgehead atoms. The molecule has 1 spiro atoms. The second kappa shape index (κ2) is 8.14. The fourth-order valence-corrected chi connectivity index (χ4v) is 3.93. The molecule has 1 aliphatic carbocycles. The van der Waals surface area contributed by atoms with E-state index in [0.717, 1.165) is 19.3 Å². The summed E-state index contributed by atoms with van der Waals surface area (Å²) < 4.78 is 16.8. The summed E-state index contributed by atoms with van der Waals surface area (Å²) in [6, 6.07) is 0. The monoisotopic (exact) mass is 298 g/mol. The van der Waals surface area contributed by atoms with Crippen LogP contribution in [0.2, 0.25) is 0 Å². The molecule has 1 aliphatic heterocycles. The third-order valence-electron chi connectivity index (χ3n) is 5.05. The average Bonchev–Trinajstić information content (AvgIpc) is 3.09. The molecule has 0 amide bonds. The lowest BCUT2D eigenvalue weighted by Crippen LogP contribution is -2.37. The minimum Gasteiger partial charge on any atom is -0.469 e. The summed E-state index contributed by atoms with van der Waals surface area (Å²) >= 11 is 0. The molecule has 2 fully saturated rings. The molecular weight excluding hydrogens is 268 g/mol. The minimum atomic E-state index is -0.399. The SMILES string of the molecule is CCCCCCCC1C(CC(=O)OC)CCC12OCCO2. The number of methoxy groups -OCH3 is 1. The van der Waals surface area contributed by atoms with Gasteiger partial charge in [0.1, 0.15) is 0 Å². The van der Waals surface area contributed by atoms with E-state index in [0.29, 0.717) is 31.5 Å². The van der Waals surface area contributed by atoms with Gasteiger partial charge in [-0.15, -0.1) is 0 Å². The molecule has 0 aromatic rings. The number of ether oxygens (including phenoxy) is 3. The number of carbonyl (C=O) groups is 1. The van der Waals surface area contributed by atoms with Crippen molar-refractivity contribution in [3.05, 3.63) is 0 Å². The van der Waals surface area contributed by atoms with Gasteiger partial charge < -0.3 is 14.2 Å². The second-order valence-corrected chi connectivity index (χ2v) is 6.40. The highest BCUT2D eigenvalue weighted by molar-refractivity contribution is 5.69. The zero-order chi connectivity index (χ0) is 15.1. The molecule has 1 saturated carbocycles. The van der Waals surface area contributed by atoms with E-state index >= 15 is 0 Å². The molecule has 0 N–H and O–H groups in total. The van der Waals surface area contributed by atoms with E-state index in [4.69, 9.17) is 14.2 Å². The van der Waals surface area contributed by atoms with Gasteiger partial charge in [0.25, 0.3) is 0 Å². The summed E-state index contributed by atoms with van der Waals surface area (Å²) in [6.07, 6.45) is 9.90. The van der Waals surface area contributed by atoms with Gasteiger partial charge in [0, 0.05) is 18.8 Å². The summed E-state index contributed by atoms with van der Waals surface area (Å²) in [7, 11) is 1.47. The summed E-state index contributed by atoms with van der Waals surface area (Å²) in [5.41, 5.74) is 0. The fraction of sp³-hybridized carbons (Fsp3) is 0.941. The molecular formula is C17H30O4. The smallest absolute Gasteiger partial charge is 0.305 e. The number of rotatable bonds is 8. The number of unbranched alkanes of at least 4 members (excludes halogenated alkanes) is 4. The predicted molar refractivity (Wildman–Crippen MR) is 80.9 cm³/mol. The Labute approximate surface area is 128 Å². The van der Waals surface area contributed by atoms with Gasteiger partial charge in [-0.3, -0.25) is 4.79 Å². The van der Waals surface area contributed by atoms with Crippen molar-refractivity contribution in [3.8, 4) is 0 Å². The molecule has 4 nitrogen and oxygen atoms in total. The quantitative estimate of drug-likeness (QED) is 0.506. The number of hydrogen-bond donors (Lipinski definition) is 0. The van der Waals surface area contributed by atoms with Crippen LogP contribution in [0.15, 0.2) is 0 Å². The standard InChI is InChI=1S/C17H30O4/c1-3-4-5-6-7-8-15-14(13-16(18)19-2)9-10-17(15)20-11-12-21-17/h14-15H,3-13H2,1-2H3. The van der Waals surface area contributed by atoms with E-state index in [1.807, 2.05) is 0 Å². The lowest BCUT2D eigenvalue weighted by atomic mass is 9.85. The van der Waals surface area contributed by atoms with E-state index in [-0.39, 0.29) is 5.97 Å². The van der Waals surface area contributed by atoms with Crippen molar-refractivity contribution in [2.45, 2.75) is 70.5 Å². The van der Waals surface area contributed by atoms with Crippen molar-refractivity contribution in [3.63, 3.8) is 0 Å². The second-order valence-electron chi connectivity index (χ2n) is 6.40. The molecule has 4 heteroatoms. The normalized spacial score (nSPS) is 27.3. The van der Waals surface area contributed by atoms with Crippen LogP contribution in [0, 0.1) is 11.8 Å². The molecule has 2 atom stereocenters. The van der Waals surface area contributed by atoms with Gasteiger partial charge in [-0.2, -0.15) is 0 Å². The van der Waals surface area contributed by atoms with Crippen molar-refractivity contribution >= 4 is 5.97 Å². The highest BCUT2D eigenvalue weighted by atomic mass is 16.7. The van der Waals surface area contributed by atoms with E-state index < -0.39 is 5.79 Å². The van der Waals surface area contributed by atoms with Crippen LogP contribution < -0.4 is 0 Å². The van der Waals surface area contributed by atoms with Crippen molar-refractivity contribution in [2.75, 3.05) is 20.3 Å². The Morgan fingerprint density at radius 3 is 2.57 bits per heavy atom. The molecule has 0 aromatic carbocycles. The first-order valence-corrected chi connectivity index (χ1v) is 8.56. The van der Waals surface area contributed by atoms with Crippen LogP contribution in [0.25, 0.3) is 0 Å². The molecule has 1 saturated heterocycles. The van der Waals surface area contributed by atoms with Gasteiger partial charge in [-0.1, -0.05) is 39.0 Å². The van der Waals surface area contributed by atoms with Crippen LogP contribution in [0.1, 0.15) is 64.7 Å². The highest BCUT2D eigenvalue weighted by Crippen LogP contribution is 2.49. The maximum atomic E-state index is 11.6. The zero-order valence-corrected chi connectivity index (χ0v) is 13.6. The Balaban J connectivity index is 1.89. The molecule has 2 unspecified atom stereocenters. The zero-order valence-electron chi connectivity index (χ0n) is 13.6. The molecule has 1 heterocycles. The molecule has 2 aliphatic rings. The molecule has 0 radical (unpaired) electrons. The Bertz CT molecular complexity index is 323.